The van der Waals surface area contributed by atoms with Crippen LogP contribution in [0.4, 0.5) is 0 Å². The Labute approximate surface area is 114 Å². The number of carbonyl (C=O) groups excluding carboxylic acids is 2. The number of carbonyl (C=O) groups is 2. The van der Waals surface area contributed by atoms with Gasteiger partial charge in [-0.15, -0.1) is 0 Å². The Balaban J connectivity index is 1.68. The number of methoxy groups -OCH3 is 1. The van der Waals surface area contributed by atoms with Crippen molar-refractivity contribution in [3.63, 3.8) is 0 Å². The largest absolute Gasteiger partial charge is 0.469 e. The second-order valence-corrected chi connectivity index (χ2v) is 5.91. The summed E-state index contributed by atoms with van der Waals surface area (Å²) < 4.78 is 4.63. The molecule has 0 radical (unpaired) electrons. The second kappa shape index (κ2) is 6.37. The van der Waals surface area contributed by atoms with E-state index >= 15 is 0 Å². The third-order valence-electron chi connectivity index (χ3n) is 4.25. The van der Waals surface area contributed by atoms with Crippen molar-refractivity contribution >= 4 is 11.9 Å². The van der Waals surface area contributed by atoms with Gasteiger partial charge in [0.2, 0.25) is 5.91 Å². The Morgan fingerprint density at radius 1 is 1.32 bits per heavy atom. The quantitative estimate of drug-likeness (QED) is 0.725. The van der Waals surface area contributed by atoms with E-state index < -0.39 is 0 Å². The third-order valence-corrected chi connectivity index (χ3v) is 4.25. The molecule has 0 saturated carbocycles. The first-order valence-electron chi connectivity index (χ1n) is 7.19. The van der Waals surface area contributed by atoms with Gasteiger partial charge in [-0.25, -0.2) is 0 Å². The van der Waals surface area contributed by atoms with E-state index in [9.17, 15) is 9.59 Å². The summed E-state index contributed by atoms with van der Waals surface area (Å²) in [7, 11) is 1.37. The van der Waals surface area contributed by atoms with Crippen LogP contribution in [0.25, 0.3) is 0 Å². The molecular formula is C14H24N2O3. The van der Waals surface area contributed by atoms with Gasteiger partial charge in [-0.1, -0.05) is 6.92 Å². The maximum atomic E-state index is 11.9. The van der Waals surface area contributed by atoms with Gasteiger partial charge in [0, 0.05) is 25.0 Å². The first-order chi connectivity index (χ1) is 9.08. The molecule has 2 rings (SSSR count). The monoisotopic (exact) mass is 268 g/mol. The zero-order valence-corrected chi connectivity index (χ0v) is 11.8. The van der Waals surface area contributed by atoms with E-state index in [4.69, 9.17) is 0 Å². The molecule has 2 saturated heterocycles. The average Bonchev–Trinajstić information content (AvgIpc) is 2.74. The zero-order chi connectivity index (χ0) is 13.8. The number of hydrogen-bond acceptors (Lipinski definition) is 4. The predicted octanol–water partition coefficient (Wildman–Crippen LogP) is 0.832. The van der Waals surface area contributed by atoms with Crippen LogP contribution in [0, 0.1) is 11.8 Å². The van der Waals surface area contributed by atoms with Crippen molar-refractivity contribution in [1.82, 2.24) is 10.6 Å². The van der Waals surface area contributed by atoms with Gasteiger partial charge in [-0.3, -0.25) is 9.59 Å². The lowest BCUT2D eigenvalue weighted by Gasteiger charge is -2.28. The summed E-state index contributed by atoms with van der Waals surface area (Å²) in [6.07, 6.45) is 5.31. The van der Waals surface area contributed by atoms with E-state index in [-0.39, 0.29) is 17.8 Å². The zero-order valence-electron chi connectivity index (χ0n) is 11.8. The molecule has 5 nitrogen and oxygen atoms in total. The average molecular weight is 268 g/mol. The Bertz CT molecular complexity index is 334. The van der Waals surface area contributed by atoms with Gasteiger partial charge in [0.25, 0.3) is 0 Å². The Morgan fingerprint density at radius 2 is 1.95 bits per heavy atom. The number of hydrogen-bond donors (Lipinski definition) is 2. The number of rotatable bonds is 5. The van der Waals surface area contributed by atoms with Crippen molar-refractivity contribution in [3.8, 4) is 0 Å². The summed E-state index contributed by atoms with van der Waals surface area (Å²) in [6.45, 7) is 2.13. The third kappa shape index (κ3) is 3.93. The Kier molecular flexibility index (Phi) is 4.80. The van der Waals surface area contributed by atoms with Crippen LogP contribution >= 0.6 is 0 Å². The highest BCUT2D eigenvalue weighted by Crippen LogP contribution is 2.32. The number of piperidine rings is 1. The van der Waals surface area contributed by atoms with Crippen molar-refractivity contribution in [2.45, 2.75) is 51.1 Å². The lowest BCUT2D eigenvalue weighted by atomic mass is 9.89. The molecule has 0 aliphatic carbocycles. The van der Waals surface area contributed by atoms with E-state index in [1.54, 1.807) is 6.92 Å². The van der Waals surface area contributed by atoms with Gasteiger partial charge >= 0.3 is 5.97 Å². The highest BCUT2D eigenvalue weighted by molar-refractivity contribution is 5.77. The van der Waals surface area contributed by atoms with Gasteiger partial charge in [-0.05, 0) is 31.6 Å². The van der Waals surface area contributed by atoms with Crippen LogP contribution in [0.5, 0.6) is 0 Å². The molecule has 2 N–H and O–H groups in total. The molecule has 0 spiro atoms. The number of esters is 1. The highest BCUT2D eigenvalue weighted by Gasteiger charge is 2.34. The first kappa shape index (κ1) is 14.3. The molecule has 0 aromatic carbocycles. The predicted molar refractivity (Wildman–Crippen MR) is 71.5 cm³/mol. The van der Waals surface area contributed by atoms with E-state index in [0.717, 1.165) is 12.8 Å². The van der Waals surface area contributed by atoms with Crippen LogP contribution in [0.2, 0.25) is 0 Å². The van der Waals surface area contributed by atoms with Gasteiger partial charge < -0.3 is 15.4 Å². The number of fused-ring (bicyclic) bond motifs is 2. The summed E-state index contributed by atoms with van der Waals surface area (Å²) >= 11 is 0. The minimum Gasteiger partial charge on any atom is -0.469 e. The fraction of sp³-hybridized carbons (Fsp3) is 0.857. The second-order valence-electron chi connectivity index (χ2n) is 5.91. The molecule has 19 heavy (non-hydrogen) atoms. The van der Waals surface area contributed by atoms with Crippen molar-refractivity contribution in [1.29, 1.82) is 0 Å². The maximum Gasteiger partial charge on any atom is 0.310 e. The smallest absolute Gasteiger partial charge is 0.310 e. The summed E-state index contributed by atoms with van der Waals surface area (Å²) in [5.41, 5.74) is 0. The summed E-state index contributed by atoms with van der Waals surface area (Å²) in [5, 5.41) is 6.41. The molecule has 0 aromatic rings. The van der Waals surface area contributed by atoms with Crippen molar-refractivity contribution in [2.24, 2.45) is 11.8 Å². The van der Waals surface area contributed by atoms with Gasteiger partial charge in [-0.2, -0.15) is 0 Å². The summed E-state index contributed by atoms with van der Waals surface area (Å²) in [4.78, 5) is 23.1. The molecule has 2 fully saturated rings. The normalized spacial score (nSPS) is 30.7. The topological polar surface area (TPSA) is 67.4 Å². The number of ether oxygens (including phenoxy) is 1. The molecule has 2 aliphatic heterocycles. The number of amides is 1. The van der Waals surface area contributed by atoms with Crippen LogP contribution in [0.3, 0.4) is 0 Å². The lowest BCUT2D eigenvalue weighted by molar-refractivity contribution is -0.144. The van der Waals surface area contributed by atoms with Crippen LogP contribution in [-0.4, -0.2) is 37.6 Å². The minimum absolute atomic E-state index is 0.0575. The fourth-order valence-electron chi connectivity index (χ4n) is 3.23. The maximum absolute atomic E-state index is 11.9. The van der Waals surface area contributed by atoms with Gasteiger partial charge in [0.1, 0.15) is 0 Å². The summed E-state index contributed by atoms with van der Waals surface area (Å²) in [5.74, 6) is -0.00685. The van der Waals surface area contributed by atoms with Gasteiger partial charge in [0.05, 0.1) is 13.0 Å². The Morgan fingerprint density at radius 3 is 2.53 bits per heavy atom. The molecular weight excluding hydrogens is 244 g/mol. The molecule has 2 heterocycles. The molecule has 108 valence electrons. The molecule has 2 bridgehead atoms. The summed E-state index contributed by atoms with van der Waals surface area (Å²) in [6, 6.07) is 1.23. The molecule has 2 aliphatic rings. The van der Waals surface area contributed by atoms with Crippen molar-refractivity contribution in [3.05, 3.63) is 0 Å². The van der Waals surface area contributed by atoms with E-state index in [1.807, 2.05) is 0 Å². The van der Waals surface area contributed by atoms with E-state index in [0.29, 0.717) is 31.0 Å². The molecule has 0 aromatic heterocycles. The number of nitrogens with one attached hydrogen (secondary N) is 2. The van der Waals surface area contributed by atoms with Gasteiger partial charge in [0.15, 0.2) is 0 Å². The first-order valence-corrected chi connectivity index (χ1v) is 7.19. The minimum atomic E-state index is -0.279. The van der Waals surface area contributed by atoms with E-state index in [1.165, 1.54) is 20.0 Å². The fourth-order valence-corrected chi connectivity index (χ4v) is 3.23. The van der Waals surface area contributed by atoms with E-state index in [2.05, 4.69) is 15.4 Å². The molecule has 1 amide bonds. The van der Waals surface area contributed by atoms with Crippen LogP contribution in [0.15, 0.2) is 0 Å². The van der Waals surface area contributed by atoms with Crippen LogP contribution in [-0.2, 0) is 14.3 Å². The van der Waals surface area contributed by atoms with Crippen molar-refractivity contribution < 1.29 is 14.3 Å². The molecule has 3 atom stereocenters. The molecule has 5 heteroatoms. The SMILES string of the molecule is COC(=O)C(C)CNC(=O)CC1CC2CCC(C1)N2. The Hall–Kier alpha value is -1.10. The lowest BCUT2D eigenvalue weighted by Crippen LogP contribution is -2.40. The van der Waals surface area contributed by atoms with Crippen LogP contribution in [0.1, 0.15) is 39.0 Å². The standard InChI is InChI=1S/C14H24N2O3/c1-9(14(18)19-2)8-15-13(17)7-10-5-11-3-4-12(6-10)16-11/h9-12,16H,3-8H2,1-2H3,(H,15,17). The molecule has 3 unspecified atom stereocenters. The van der Waals surface area contributed by atoms with Crippen LogP contribution < -0.4 is 10.6 Å². The highest BCUT2D eigenvalue weighted by atomic mass is 16.5. The van der Waals surface area contributed by atoms with Crippen molar-refractivity contribution in [2.75, 3.05) is 13.7 Å².